The van der Waals surface area contributed by atoms with E-state index >= 15 is 0 Å². The van der Waals surface area contributed by atoms with Crippen LogP contribution in [0, 0.1) is 6.92 Å². The predicted molar refractivity (Wildman–Crippen MR) is 129 cm³/mol. The van der Waals surface area contributed by atoms with Gasteiger partial charge in [0.2, 0.25) is 5.91 Å². The second-order valence-electron chi connectivity index (χ2n) is 9.13. The van der Waals surface area contributed by atoms with Gasteiger partial charge in [-0.25, -0.2) is 13.1 Å². The Hall–Kier alpha value is -3.86. The van der Waals surface area contributed by atoms with E-state index in [9.17, 15) is 22.8 Å². The molecule has 0 bridgehead atoms. The second-order valence-corrected chi connectivity index (χ2v) is 11.2. The fourth-order valence-electron chi connectivity index (χ4n) is 4.61. The minimum atomic E-state index is -3.37. The van der Waals surface area contributed by atoms with Crippen LogP contribution in [0.2, 0.25) is 0 Å². The zero-order valence-electron chi connectivity index (χ0n) is 19.7. The molecule has 3 heterocycles. The van der Waals surface area contributed by atoms with E-state index in [1.54, 1.807) is 36.5 Å². The number of hydrogen-bond acceptors (Lipinski definition) is 7. The molecule has 0 saturated carbocycles. The first-order valence-electron chi connectivity index (χ1n) is 11.7. The molecule has 0 aliphatic carbocycles. The molecule has 186 valence electrons. The minimum absolute atomic E-state index is 0.0109. The maximum absolute atomic E-state index is 13.4. The summed E-state index contributed by atoms with van der Waals surface area (Å²) in [5.41, 5.74) is 2.84. The number of nitrogens with zero attached hydrogens (tertiary/aromatic N) is 4. The molecule has 1 unspecified atom stereocenters. The lowest BCUT2D eigenvalue weighted by atomic mass is 10.0. The molecule has 1 saturated heterocycles. The molecule has 1 N–H and O–H groups in total. The van der Waals surface area contributed by atoms with Gasteiger partial charge < -0.3 is 10.2 Å². The summed E-state index contributed by atoms with van der Waals surface area (Å²) < 4.78 is 26.4. The first-order valence-corrected chi connectivity index (χ1v) is 13.3. The lowest BCUT2D eigenvalue weighted by molar-refractivity contribution is -0.140. The summed E-state index contributed by atoms with van der Waals surface area (Å²) in [6.45, 7) is 2.11. The van der Waals surface area contributed by atoms with Crippen LogP contribution in [0.3, 0.4) is 0 Å². The highest BCUT2D eigenvalue weighted by atomic mass is 32.2. The van der Waals surface area contributed by atoms with Crippen LogP contribution in [-0.4, -0.2) is 58.2 Å². The van der Waals surface area contributed by atoms with Crippen molar-refractivity contribution in [2.75, 3.05) is 12.3 Å². The fourth-order valence-corrected chi connectivity index (χ4v) is 6.23. The van der Waals surface area contributed by atoms with E-state index in [2.05, 4.69) is 15.6 Å². The molecule has 3 aromatic rings. The second kappa shape index (κ2) is 9.30. The normalized spacial score (nSPS) is 19.1. The molecule has 11 heteroatoms. The van der Waals surface area contributed by atoms with Gasteiger partial charge in [-0.05, 0) is 42.7 Å². The van der Waals surface area contributed by atoms with Crippen LogP contribution in [0.25, 0.3) is 5.69 Å². The van der Waals surface area contributed by atoms with E-state index in [4.69, 9.17) is 0 Å². The van der Waals surface area contributed by atoms with Crippen molar-refractivity contribution in [3.63, 3.8) is 0 Å². The summed E-state index contributed by atoms with van der Waals surface area (Å²) in [7, 11) is -3.37. The molecule has 2 aromatic carbocycles. The molecule has 2 aliphatic rings. The standard InChI is InChI=1S/C25H25N5O5S/c1-16-6-8-20(25(33)26-21-10-11-36(34,35)23-5-3-2-4-19(21)23)22(12-16)30-14-17(27-28-30)13-29-15-18(31)7-9-24(29)32/h2-6,8,12,14,21H,7,9-11,13,15H2,1H3,(H,26,33). The average Bonchev–Trinajstić information content (AvgIpc) is 3.32. The number of benzene rings is 2. The van der Waals surface area contributed by atoms with Crippen molar-refractivity contribution >= 4 is 27.4 Å². The number of nitrogens with one attached hydrogen (secondary N) is 1. The van der Waals surface area contributed by atoms with E-state index in [1.807, 2.05) is 19.1 Å². The number of amides is 2. The number of rotatable bonds is 5. The molecular weight excluding hydrogens is 482 g/mol. The molecule has 1 fully saturated rings. The van der Waals surface area contributed by atoms with Crippen molar-refractivity contribution < 1.29 is 22.8 Å². The highest BCUT2D eigenvalue weighted by Crippen LogP contribution is 2.32. The van der Waals surface area contributed by atoms with Crippen molar-refractivity contribution in [3.8, 4) is 5.69 Å². The number of fused-ring (bicyclic) bond motifs is 1. The summed E-state index contributed by atoms with van der Waals surface area (Å²) >= 11 is 0. The number of aryl methyl sites for hydroxylation is 1. The number of piperidine rings is 1. The lowest BCUT2D eigenvalue weighted by Crippen LogP contribution is -2.39. The SMILES string of the molecule is Cc1ccc(C(=O)NC2CCS(=O)(=O)c3ccccc32)c(-n2cc(CN3CC(=O)CCC3=O)nn2)c1. The molecular formula is C25H25N5O5S. The van der Waals surface area contributed by atoms with Gasteiger partial charge in [0.05, 0.1) is 47.2 Å². The van der Waals surface area contributed by atoms with E-state index in [0.717, 1.165) is 5.56 Å². The van der Waals surface area contributed by atoms with Crippen LogP contribution < -0.4 is 5.32 Å². The van der Waals surface area contributed by atoms with Crippen molar-refractivity contribution in [1.29, 1.82) is 0 Å². The Balaban J connectivity index is 1.40. The number of ketones is 1. The van der Waals surface area contributed by atoms with Gasteiger partial charge in [0, 0.05) is 12.8 Å². The number of hydrogen-bond donors (Lipinski definition) is 1. The first-order chi connectivity index (χ1) is 17.2. The molecule has 0 radical (unpaired) electrons. The van der Waals surface area contributed by atoms with E-state index in [0.29, 0.717) is 22.5 Å². The number of Topliss-reactive ketones (excluding diaryl/α,β-unsaturated/α-hetero) is 1. The number of aromatic nitrogens is 3. The van der Waals surface area contributed by atoms with E-state index < -0.39 is 15.9 Å². The Morgan fingerprint density at radius 3 is 2.78 bits per heavy atom. The lowest BCUT2D eigenvalue weighted by Gasteiger charge is -2.26. The smallest absolute Gasteiger partial charge is 0.253 e. The molecule has 1 atom stereocenters. The molecule has 36 heavy (non-hydrogen) atoms. The fraction of sp³-hybridized carbons (Fsp3) is 0.320. The molecule has 2 aliphatic heterocycles. The zero-order chi connectivity index (χ0) is 25.4. The van der Waals surface area contributed by atoms with Crippen LogP contribution >= 0.6 is 0 Å². The summed E-state index contributed by atoms with van der Waals surface area (Å²) in [6, 6.07) is 11.6. The van der Waals surface area contributed by atoms with Gasteiger partial charge in [0.25, 0.3) is 5.91 Å². The maximum Gasteiger partial charge on any atom is 0.253 e. The van der Waals surface area contributed by atoms with Crippen molar-refractivity contribution in [2.24, 2.45) is 0 Å². The van der Waals surface area contributed by atoms with Crippen molar-refractivity contribution in [1.82, 2.24) is 25.2 Å². The third-order valence-corrected chi connectivity index (χ3v) is 8.30. The van der Waals surface area contributed by atoms with Crippen molar-refractivity contribution in [2.45, 2.75) is 43.7 Å². The van der Waals surface area contributed by atoms with Crippen LogP contribution in [0.4, 0.5) is 0 Å². The van der Waals surface area contributed by atoms with E-state index in [-0.39, 0.29) is 60.6 Å². The Kier molecular flexibility index (Phi) is 6.17. The van der Waals surface area contributed by atoms with Crippen LogP contribution in [0.1, 0.15) is 52.5 Å². The highest BCUT2D eigenvalue weighted by Gasteiger charge is 2.31. The van der Waals surface area contributed by atoms with Gasteiger partial charge in [0.1, 0.15) is 5.69 Å². The van der Waals surface area contributed by atoms with Crippen LogP contribution in [0.5, 0.6) is 0 Å². The van der Waals surface area contributed by atoms with Gasteiger partial charge in [-0.2, -0.15) is 0 Å². The topological polar surface area (TPSA) is 131 Å². The van der Waals surface area contributed by atoms with Crippen molar-refractivity contribution in [3.05, 3.63) is 71.0 Å². The van der Waals surface area contributed by atoms with Crippen LogP contribution in [-0.2, 0) is 26.0 Å². The Bertz CT molecular complexity index is 1480. The third-order valence-electron chi connectivity index (χ3n) is 6.49. The molecule has 0 spiro atoms. The predicted octanol–water partition coefficient (Wildman–Crippen LogP) is 1.92. The largest absolute Gasteiger partial charge is 0.345 e. The first kappa shape index (κ1) is 23.9. The molecule has 1 aromatic heterocycles. The molecule has 10 nitrogen and oxygen atoms in total. The minimum Gasteiger partial charge on any atom is -0.345 e. The van der Waals surface area contributed by atoms with E-state index in [1.165, 1.54) is 9.58 Å². The third kappa shape index (κ3) is 4.66. The summed E-state index contributed by atoms with van der Waals surface area (Å²) in [6.07, 6.45) is 2.38. The monoisotopic (exact) mass is 507 g/mol. The van der Waals surface area contributed by atoms with Gasteiger partial charge in [-0.3, -0.25) is 14.4 Å². The Morgan fingerprint density at radius 1 is 1.14 bits per heavy atom. The number of sulfone groups is 1. The number of likely N-dealkylation sites (tertiary alicyclic amines) is 1. The Labute approximate surface area is 208 Å². The maximum atomic E-state index is 13.4. The Morgan fingerprint density at radius 2 is 1.94 bits per heavy atom. The average molecular weight is 508 g/mol. The zero-order valence-corrected chi connectivity index (χ0v) is 20.5. The molecule has 5 rings (SSSR count). The van der Waals surface area contributed by atoms with Gasteiger partial charge >= 0.3 is 0 Å². The number of carbonyl (C=O) groups excluding carboxylic acids is 3. The van der Waals surface area contributed by atoms with Gasteiger partial charge in [-0.15, -0.1) is 5.10 Å². The van der Waals surface area contributed by atoms with Gasteiger partial charge in [0.15, 0.2) is 15.6 Å². The highest BCUT2D eigenvalue weighted by molar-refractivity contribution is 7.91. The summed E-state index contributed by atoms with van der Waals surface area (Å²) in [4.78, 5) is 39.0. The quantitative estimate of drug-likeness (QED) is 0.558. The summed E-state index contributed by atoms with van der Waals surface area (Å²) in [5, 5.41) is 11.3. The van der Waals surface area contributed by atoms with Gasteiger partial charge in [-0.1, -0.05) is 29.5 Å². The number of carbonyl (C=O) groups is 3. The summed E-state index contributed by atoms with van der Waals surface area (Å²) in [5.74, 6) is -0.496. The molecule has 2 amide bonds. The van der Waals surface area contributed by atoms with Crippen LogP contribution in [0.15, 0.2) is 53.6 Å².